The van der Waals surface area contributed by atoms with Crippen LogP contribution in [0.1, 0.15) is 5.82 Å². The zero-order valence-electron chi connectivity index (χ0n) is 22.9. The van der Waals surface area contributed by atoms with Gasteiger partial charge in [0.25, 0.3) is 5.91 Å². The minimum absolute atomic E-state index is 0.131. The van der Waals surface area contributed by atoms with Crippen molar-refractivity contribution in [1.29, 1.82) is 0 Å². The molecule has 0 bridgehead atoms. The first-order valence-corrected chi connectivity index (χ1v) is 14.2. The van der Waals surface area contributed by atoms with Crippen molar-refractivity contribution in [3.63, 3.8) is 0 Å². The first kappa shape index (κ1) is 28.5. The summed E-state index contributed by atoms with van der Waals surface area (Å²) in [6.07, 6.45) is 8.31. The largest absolute Gasteiger partial charge is 0.396 e. The molecule has 2 aromatic heterocycles. The van der Waals surface area contributed by atoms with Crippen LogP contribution in [0.2, 0.25) is 0 Å². The van der Waals surface area contributed by atoms with E-state index in [0.717, 1.165) is 33.3 Å². The average Bonchev–Trinajstić information content (AvgIpc) is 3.30. The van der Waals surface area contributed by atoms with Gasteiger partial charge >= 0.3 is 0 Å². The summed E-state index contributed by atoms with van der Waals surface area (Å²) in [5.41, 5.74) is 4.19. The van der Waals surface area contributed by atoms with Crippen LogP contribution in [-0.4, -0.2) is 92.2 Å². The fraction of sp³-hybridized carbons (Fsp3) is 0.321. The number of nitrogens with zero attached hydrogens (tertiary/aromatic N) is 7. The zero-order chi connectivity index (χ0) is 28.8. The smallest absolute Gasteiger partial charge is 0.276 e. The second kappa shape index (κ2) is 13.1. The number of amidine groups is 1. The summed E-state index contributed by atoms with van der Waals surface area (Å²) >= 11 is 1.60. The van der Waals surface area contributed by atoms with Crippen LogP contribution in [0, 0.1) is 0 Å². The van der Waals surface area contributed by atoms with Gasteiger partial charge in [0.05, 0.1) is 31.9 Å². The molecular weight excluding hydrogens is 544 g/mol. The third-order valence-electron chi connectivity index (χ3n) is 6.68. The lowest BCUT2D eigenvalue weighted by molar-refractivity contribution is -0.124. The molecule has 0 spiro atoms. The second-order valence-corrected chi connectivity index (χ2v) is 10.6. The van der Waals surface area contributed by atoms with Crippen LogP contribution in [-0.2, 0) is 23.1 Å². The molecule has 13 heteroatoms. The fourth-order valence-electron chi connectivity index (χ4n) is 4.46. The minimum Gasteiger partial charge on any atom is -0.396 e. The van der Waals surface area contributed by atoms with Crippen molar-refractivity contribution in [2.24, 2.45) is 12.0 Å². The molecule has 1 amide bonds. The summed E-state index contributed by atoms with van der Waals surface area (Å²) in [6.45, 7) is 3.20. The number of nitrogens with one attached hydrogen (secondary N) is 1. The number of aliphatic hydroxyl groups excluding tert-OH is 1. The standard InChI is InChI=1S/C28H32N8O4S/c1-34(22-6-4-3-5-20(17-29-22)28(38)33-39)18-23-30-24-26(35(23)2)31-25(32-27(24)36-11-14-40-15-12-36)19-7-9-21(10-8-19)41-16-13-37/h3-10,17,37,39H,11-16,18H2,1-2H3,(H,33,38)/b4-3?,5-3+,6-4?,20-5?,20-17+,22-6?,29-17?,29-22?. The van der Waals surface area contributed by atoms with Crippen molar-refractivity contribution >= 4 is 40.5 Å². The van der Waals surface area contributed by atoms with Gasteiger partial charge in [0, 0.05) is 49.6 Å². The summed E-state index contributed by atoms with van der Waals surface area (Å²) in [4.78, 5) is 36.4. The van der Waals surface area contributed by atoms with E-state index in [0.29, 0.717) is 50.3 Å². The van der Waals surface area contributed by atoms with Crippen molar-refractivity contribution in [2.45, 2.75) is 11.4 Å². The Hall–Kier alpha value is -4.04. The SMILES string of the molecule is CN(Cc1nc2c(N3CCOCC3)nc(-c3ccc(SCCO)cc3)nc2n1C)C1=N/C=C(C(=O)NO)\C=C\C=C1. The van der Waals surface area contributed by atoms with Crippen LogP contribution in [0.3, 0.4) is 0 Å². The van der Waals surface area contributed by atoms with Gasteiger partial charge in [-0.15, -0.1) is 11.8 Å². The highest BCUT2D eigenvalue weighted by atomic mass is 32.2. The molecule has 214 valence electrons. The van der Waals surface area contributed by atoms with E-state index >= 15 is 0 Å². The number of rotatable bonds is 8. The number of hydrogen-bond donors (Lipinski definition) is 3. The molecule has 1 aromatic carbocycles. The van der Waals surface area contributed by atoms with Crippen LogP contribution in [0.25, 0.3) is 22.6 Å². The number of allylic oxidation sites excluding steroid dienone is 2. The number of aliphatic imine (C=N–C) groups is 1. The van der Waals surface area contributed by atoms with Crippen molar-refractivity contribution in [1.82, 2.24) is 29.9 Å². The van der Waals surface area contributed by atoms with Gasteiger partial charge in [-0.1, -0.05) is 24.3 Å². The third kappa shape index (κ3) is 6.49. The molecule has 0 radical (unpaired) electrons. The van der Waals surface area contributed by atoms with E-state index in [1.165, 1.54) is 6.20 Å². The van der Waals surface area contributed by atoms with Gasteiger partial charge in [-0.2, -0.15) is 0 Å². The number of aliphatic hydroxyl groups is 1. The highest BCUT2D eigenvalue weighted by molar-refractivity contribution is 7.99. The second-order valence-electron chi connectivity index (χ2n) is 9.41. The molecule has 4 heterocycles. The molecule has 1 fully saturated rings. The number of ether oxygens (including phenoxy) is 1. The van der Waals surface area contributed by atoms with E-state index in [2.05, 4.69) is 9.89 Å². The van der Waals surface area contributed by atoms with Crippen molar-refractivity contribution < 1.29 is 19.8 Å². The summed E-state index contributed by atoms with van der Waals surface area (Å²) < 4.78 is 7.56. The Kier molecular flexibility index (Phi) is 9.09. The number of anilines is 1. The highest BCUT2D eigenvalue weighted by Crippen LogP contribution is 2.29. The van der Waals surface area contributed by atoms with Crippen LogP contribution in [0.15, 0.2) is 70.2 Å². The van der Waals surface area contributed by atoms with Gasteiger partial charge in [0.15, 0.2) is 22.8 Å². The van der Waals surface area contributed by atoms with E-state index in [-0.39, 0.29) is 12.2 Å². The number of likely N-dealkylation sites (N-methyl/N-ethyl adjacent to an activating group) is 1. The predicted molar refractivity (Wildman–Crippen MR) is 158 cm³/mol. The molecule has 1 saturated heterocycles. The van der Waals surface area contributed by atoms with Crippen LogP contribution >= 0.6 is 11.8 Å². The third-order valence-corrected chi connectivity index (χ3v) is 7.67. The van der Waals surface area contributed by atoms with E-state index in [1.54, 1.807) is 35.5 Å². The molecule has 0 atom stereocenters. The van der Waals surface area contributed by atoms with Gasteiger partial charge in [-0.05, 0) is 24.3 Å². The number of carbonyl (C=O) groups excluding carboxylic acids is 1. The Morgan fingerprint density at radius 1 is 1.12 bits per heavy atom. The van der Waals surface area contributed by atoms with Crippen LogP contribution in [0.4, 0.5) is 5.82 Å². The quantitative estimate of drug-likeness (QED) is 0.208. The maximum atomic E-state index is 11.9. The predicted octanol–water partition coefficient (Wildman–Crippen LogP) is 2.30. The number of amides is 1. The first-order valence-electron chi connectivity index (χ1n) is 13.2. The molecule has 41 heavy (non-hydrogen) atoms. The average molecular weight is 577 g/mol. The number of benzene rings is 1. The normalized spacial score (nSPS) is 17.4. The molecule has 0 aliphatic carbocycles. The Morgan fingerprint density at radius 2 is 1.88 bits per heavy atom. The van der Waals surface area contributed by atoms with Gasteiger partial charge < -0.3 is 24.2 Å². The van der Waals surface area contributed by atoms with Gasteiger partial charge in [-0.3, -0.25) is 10.0 Å². The molecule has 2 aliphatic heterocycles. The summed E-state index contributed by atoms with van der Waals surface area (Å²) in [5, 5.41) is 18.1. The fourth-order valence-corrected chi connectivity index (χ4v) is 5.12. The molecule has 12 nitrogen and oxygen atoms in total. The van der Waals surface area contributed by atoms with E-state index in [9.17, 15) is 4.79 Å². The number of fused-ring (bicyclic) bond motifs is 1. The topological polar surface area (TPSA) is 141 Å². The number of carbonyl (C=O) groups is 1. The molecule has 3 N–H and O–H groups in total. The number of hydroxylamine groups is 1. The lowest BCUT2D eigenvalue weighted by atomic mass is 10.2. The monoisotopic (exact) mass is 576 g/mol. The number of aromatic nitrogens is 4. The van der Waals surface area contributed by atoms with Crippen LogP contribution in [0.5, 0.6) is 0 Å². The molecule has 5 rings (SSSR count). The Labute approximate surface area is 241 Å². The maximum Gasteiger partial charge on any atom is 0.276 e. The van der Waals surface area contributed by atoms with Crippen molar-refractivity contribution in [2.75, 3.05) is 50.6 Å². The van der Waals surface area contributed by atoms with Gasteiger partial charge in [-0.25, -0.2) is 25.4 Å². The molecule has 2 aliphatic rings. The number of morpholine rings is 1. The zero-order valence-corrected chi connectivity index (χ0v) is 23.7. The first-order chi connectivity index (χ1) is 20.0. The molecular formula is C28H32N8O4S. The van der Waals surface area contributed by atoms with Gasteiger partial charge in [0.1, 0.15) is 11.7 Å². The Bertz CT molecular complexity index is 1520. The van der Waals surface area contributed by atoms with E-state index < -0.39 is 5.91 Å². The van der Waals surface area contributed by atoms with E-state index in [4.69, 9.17) is 30.0 Å². The lowest BCUT2D eigenvalue weighted by Crippen LogP contribution is -2.37. The number of imidazole rings is 1. The van der Waals surface area contributed by atoms with Crippen molar-refractivity contribution in [3.8, 4) is 11.4 Å². The summed E-state index contributed by atoms with van der Waals surface area (Å²) in [6, 6.07) is 8.04. The number of hydrogen-bond acceptors (Lipinski definition) is 11. The maximum absolute atomic E-state index is 11.9. The summed E-state index contributed by atoms with van der Waals surface area (Å²) in [5.74, 6) is 2.77. The summed E-state index contributed by atoms with van der Waals surface area (Å²) in [7, 11) is 3.83. The Morgan fingerprint density at radius 3 is 2.61 bits per heavy atom. The minimum atomic E-state index is -0.638. The number of thioether (sulfide) groups is 1. The Balaban J connectivity index is 1.50. The van der Waals surface area contributed by atoms with Crippen molar-refractivity contribution in [3.05, 3.63) is 66.2 Å². The molecule has 0 saturated carbocycles. The molecule has 3 aromatic rings. The van der Waals surface area contributed by atoms with Gasteiger partial charge in [0.2, 0.25) is 0 Å². The highest BCUT2D eigenvalue weighted by Gasteiger charge is 2.23. The molecule has 0 unspecified atom stereocenters. The van der Waals surface area contributed by atoms with Crippen LogP contribution < -0.4 is 10.4 Å². The number of aryl methyl sites for hydroxylation is 1. The lowest BCUT2D eigenvalue weighted by Gasteiger charge is -2.28. The van der Waals surface area contributed by atoms with E-state index in [1.807, 2.05) is 53.9 Å².